The molecule has 11 heteroatoms. The van der Waals surface area contributed by atoms with Crippen LogP contribution < -0.4 is 4.31 Å². The molecule has 0 saturated heterocycles. The van der Waals surface area contributed by atoms with Gasteiger partial charge in [0.05, 0.1) is 12.3 Å². The first-order valence-electron chi connectivity index (χ1n) is 8.19. The number of hydrogen-bond donors (Lipinski definition) is 0. The number of anilines is 1. The Bertz CT molecular complexity index is 1150. The normalized spacial score (nSPS) is 11.6. The number of sulfonamides is 1. The summed E-state index contributed by atoms with van der Waals surface area (Å²) in [6.07, 6.45) is 1.29. The lowest BCUT2D eigenvalue weighted by Crippen LogP contribution is -2.36. The molecule has 0 bridgehead atoms. The summed E-state index contributed by atoms with van der Waals surface area (Å²) >= 11 is 0. The maximum atomic E-state index is 13.7. The molecule has 0 unspecified atom stereocenters. The van der Waals surface area contributed by atoms with Crippen LogP contribution in [-0.2, 0) is 19.6 Å². The molecule has 2 aromatic heterocycles. The summed E-state index contributed by atoms with van der Waals surface area (Å²) in [5.74, 6) is -2.76. The van der Waals surface area contributed by atoms with Crippen molar-refractivity contribution >= 4 is 27.3 Å². The van der Waals surface area contributed by atoms with Crippen molar-refractivity contribution in [1.29, 1.82) is 0 Å². The first kappa shape index (κ1) is 19.7. The highest BCUT2D eigenvalue weighted by molar-refractivity contribution is 7.92. The summed E-state index contributed by atoms with van der Waals surface area (Å²) < 4.78 is 60.3. The van der Waals surface area contributed by atoms with E-state index in [1.165, 1.54) is 22.7 Å². The Hall–Kier alpha value is -3.08. The molecule has 0 aliphatic carbocycles. The van der Waals surface area contributed by atoms with Gasteiger partial charge in [0.1, 0.15) is 17.3 Å². The predicted octanol–water partition coefficient (Wildman–Crippen LogP) is 2.07. The number of carbonyl (C=O) groups is 1. The zero-order valence-electron chi connectivity index (χ0n) is 15.0. The van der Waals surface area contributed by atoms with Crippen molar-refractivity contribution in [1.82, 2.24) is 14.6 Å². The van der Waals surface area contributed by atoms with E-state index in [4.69, 9.17) is 4.74 Å². The number of rotatable bonds is 6. The summed E-state index contributed by atoms with van der Waals surface area (Å²) in [5.41, 5.74) is 0.216. The third-order valence-electron chi connectivity index (χ3n) is 3.90. The van der Waals surface area contributed by atoms with Crippen LogP contribution in [0.15, 0.2) is 41.4 Å². The fourth-order valence-corrected chi connectivity index (χ4v) is 3.94. The smallest absolute Gasteiger partial charge is 0.326 e. The van der Waals surface area contributed by atoms with Crippen molar-refractivity contribution in [3.63, 3.8) is 0 Å². The van der Waals surface area contributed by atoms with E-state index in [9.17, 15) is 22.0 Å². The molecule has 0 aliphatic heterocycles. The average molecular weight is 410 g/mol. The van der Waals surface area contributed by atoms with Gasteiger partial charge in [0, 0.05) is 12.3 Å². The fraction of sp³-hybridized carbons (Fsp3) is 0.235. The standard InChI is InChI=1S/C17H16F2N4O4S/c1-3-27-17(24)10-23(12-4-6-14(18)15(19)8-12)28(25,26)13-5-7-16-21-20-11(2)22(16)9-13/h4-9H,3,10H2,1-2H3. The first-order valence-corrected chi connectivity index (χ1v) is 9.63. The molecule has 3 aromatic rings. The predicted molar refractivity (Wildman–Crippen MR) is 95.2 cm³/mol. The maximum absolute atomic E-state index is 13.7. The molecule has 0 amide bonds. The highest BCUT2D eigenvalue weighted by atomic mass is 32.2. The SMILES string of the molecule is CCOC(=O)CN(c1ccc(F)c(F)c1)S(=O)(=O)c1ccc2nnc(C)n2c1. The number of aryl methyl sites for hydroxylation is 1. The second kappa shape index (κ2) is 7.50. The Kier molecular flexibility index (Phi) is 5.27. The van der Waals surface area contributed by atoms with Gasteiger partial charge < -0.3 is 4.74 Å². The lowest BCUT2D eigenvalue weighted by atomic mass is 10.3. The van der Waals surface area contributed by atoms with E-state index < -0.39 is 34.2 Å². The zero-order chi connectivity index (χ0) is 20.5. The van der Waals surface area contributed by atoms with Crippen LogP contribution in [-0.4, -0.2) is 42.1 Å². The molecule has 2 heterocycles. The number of hydrogen-bond acceptors (Lipinski definition) is 6. The Morgan fingerprint density at radius 3 is 2.61 bits per heavy atom. The van der Waals surface area contributed by atoms with Crippen LogP contribution in [0.5, 0.6) is 0 Å². The highest BCUT2D eigenvalue weighted by Gasteiger charge is 2.29. The van der Waals surface area contributed by atoms with Crippen molar-refractivity contribution in [2.45, 2.75) is 18.7 Å². The summed E-state index contributed by atoms with van der Waals surface area (Å²) in [4.78, 5) is 11.8. The van der Waals surface area contributed by atoms with Crippen molar-refractivity contribution in [2.24, 2.45) is 0 Å². The third kappa shape index (κ3) is 3.65. The Morgan fingerprint density at radius 1 is 1.18 bits per heavy atom. The van der Waals surface area contributed by atoms with Gasteiger partial charge >= 0.3 is 5.97 Å². The Labute approximate surface area is 159 Å². The molecule has 28 heavy (non-hydrogen) atoms. The third-order valence-corrected chi connectivity index (χ3v) is 5.66. The van der Waals surface area contributed by atoms with Gasteiger partial charge in [0.25, 0.3) is 10.0 Å². The van der Waals surface area contributed by atoms with Crippen LogP contribution in [0.1, 0.15) is 12.7 Å². The number of esters is 1. The van der Waals surface area contributed by atoms with Gasteiger partial charge in [-0.15, -0.1) is 10.2 Å². The van der Waals surface area contributed by atoms with Gasteiger partial charge in [-0.1, -0.05) is 0 Å². The number of ether oxygens (including phenoxy) is 1. The van der Waals surface area contributed by atoms with E-state index in [2.05, 4.69) is 10.2 Å². The van der Waals surface area contributed by atoms with Crippen LogP contribution in [0.2, 0.25) is 0 Å². The molecule has 8 nitrogen and oxygen atoms in total. The summed E-state index contributed by atoms with van der Waals surface area (Å²) in [6, 6.07) is 5.29. The quantitative estimate of drug-likeness (QED) is 0.578. The van der Waals surface area contributed by atoms with Gasteiger partial charge in [-0.05, 0) is 38.1 Å². The number of carbonyl (C=O) groups excluding carboxylic acids is 1. The van der Waals surface area contributed by atoms with Crippen LogP contribution in [0.4, 0.5) is 14.5 Å². The molecule has 0 radical (unpaired) electrons. The highest BCUT2D eigenvalue weighted by Crippen LogP contribution is 2.25. The van der Waals surface area contributed by atoms with Crippen molar-refractivity contribution < 1.29 is 26.7 Å². The summed E-state index contributed by atoms with van der Waals surface area (Å²) in [5, 5.41) is 7.73. The molecular formula is C17H16F2N4O4S. The Morgan fingerprint density at radius 2 is 1.93 bits per heavy atom. The number of nitrogens with zero attached hydrogens (tertiary/aromatic N) is 4. The van der Waals surface area contributed by atoms with E-state index in [1.54, 1.807) is 13.8 Å². The van der Waals surface area contributed by atoms with E-state index in [0.29, 0.717) is 21.8 Å². The lowest BCUT2D eigenvalue weighted by molar-refractivity contribution is -0.141. The van der Waals surface area contributed by atoms with E-state index in [-0.39, 0.29) is 17.2 Å². The number of benzene rings is 1. The van der Waals surface area contributed by atoms with Crippen LogP contribution in [0.3, 0.4) is 0 Å². The molecular weight excluding hydrogens is 394 g/mol. The minimum absolute atomic E-state index is 0.0381. The Balaban J connectivity index is 2.11. The molecule has 0 aliphatic rings. The van der Waals surface area contributed by atoms with Gasteiger partial charge in [-0.25, -0.2) is 17.2 Å². The minimum Gasteiger partial charge on any atom is -0.465 e. The second-order valence-corrected chi connectivity index (χ2v) is 7.62. The van der Waals surface area contributed by atoms with Gasteiger partial charge in [0.15, 0.2) is 17.3 Å². The van der Waals surface area contributed by atoms with E-state index >= 15 is 0 Å². The first-order chi connectivity index (χ1) is 13.2. The molecule has 0 saturated carbocycles. The van der Waals surface area contributed by atoms with Gasteiger partial charge in [-0.3, -0.25) is 13.5 Å². The van der Waals surface area contributed by atoms with Crippen molar-refractivity contribution in [3.05, 3.63) is 54.0 Å². The molecule has 0 atom stereocenters. The van der Waals surface area contributed by atoms with E-state index in [1.807, 2.05) is 0 Å². The van der Waals surface area contributed by atoms with Gasteiger partial charge in [-0.2, -0.15) is 0 Å². The molecule has 0 N–H and O–H groups in total. The van der Waals surface area contributed by atoms with Gasteiger partial charge in [0.2, 0.25) is 0 Å². The van der Waals surface area contributed by atoms with E-state index in [0.717, 1.165) is 12.1 Å². The summed E-state index contributed by atoms with van der Waals surface area (Å²) in [7, 11) is -4.32. The summed E-state index contributed by atoms with van der Waals surface area (Å²) in [6.45, 7) is 2.54. The van der Waals surface area contributed by atoms with Crippen LogP contribution in [0, 0.1) is 18.6 Å². The van der Waals surface area contributed by atoms with Crippen LogP contribution >= 0.6 is 0 Å². The fourth-order valence-electron chi connectivity index (χ4n) is 2.54. The largest absolute Gasteiger partial charge is 0.465 e. The number of halogens is 2. The molecule has 0 fully saturated rings. The number of fused-ring (bicyclic) bond motifs is 1. The maximum Gasteiger partial charge on any atom is 0.326 e. The monoisotopic (exact) mass is 410 g/mol. The van der Waals surface area contributed by atoms with Crippen molar-refractivity contribution in [3.8, 4) is 0 Å². The molecule has 3 rings (SSSR count). The van der Waals surface area contributed by atoms with Crippen molar-refractivity contribution in [2.75, 3.05) is 17.5 Å². The van der Waals surface area contributed by atoms with Crippen LogP contribution in [0.25, 0.3) is 5.65 Å². The lowest BCUT2D eigenvalue weighted by Gasteiger charge is -2.23. The molecule has 0 spiro atoms. The zero-order valence-corrected chi connectivity index (χ0v) is 15.8. The topological polar surface area (TPSA) is 93.9 Å². The number of aromatic nitrogens is 3. The number of pyridine rings is 1. The second-order valence-electron chi connectivity index (χ2n) is 5.76. The molecule has 148 valence electrons. The minimum atomic E-state index is -4.32. The molecule has 1 aromatic carbocycles. The average Bonchev–Trinajstić information content (AvgIpc) is 3.03.